The summed E-state index contributed by atoms with van der Waals surface area (Å²) in [7, 11) is 0. The van der Waals surface area contributed by atoms with Crippen LogP contribution in [0, 0.1) is 20.8 Å². The van der Waals surface area contributed by atoms with Crippen molar-refractivity contribution in [3.05, 3.63) is 179 Å². The van der Waals surface area contributed by atoms with Gasteiger partial charge in [-0.2, -0.15) is 0 Å². The lowest BCUT2D eigenvalue weighted by Crippen LogP contribution is -2.04. The molecule has 2 heterocycles. The summed E-state index contributed by atoms with van der Waals surface area (Å²) in [6.45, 7) is 6.45. The Balaban J connectivity index is 0.994. The van der Waals surface area contributed by atoms with Gasteiger partial charge in [0.2, 0.25) is 0 Å². The first kappa shape index (κ1) is 34.5. The third kappa shape index (κ3) is 7.93. The fourth-order valence-electron chi connectivity index (χ4n) is 8.10. The lowest BCUT2D eigenvalue weighted by Gasteiger charge is -2.22. The molecule has 0 spiro atoms. The second-order valence-electron chi connectivity index (χ2n) is 15.1. The van der Waals surface area contributed by atoms with Crippen LogP contribution in [0.2, 0.25) is 0 Å². The Morgan fingerprint density at radius 2 is 1.06 bits per heavy atom. The minimum atomic E-state index is 0.723. The van der Waals surface area contributed by atoms with Crippen LogP contribution in [-0.4, -0.2) is 9.97 Å². The topological polar surface area (TPSA) is 25.8 Å². The van der Waals surface area contributed by atoms with Gasteiger partial charge in [-0.05, 0) is 126 Å². The van der Waals surface area contributed by atoms with E-state index in [0.717, 1.165) is 41.3 Å². The Hall–Kier alpha value is -5.60. The standard InChI is InChI=1S/C51H48N2/c1-35-13-28-50(52-33-35)44-18-16-38(17-19-44)14-15-39-29-36(2)30-46(31-39)48-12-8-7-11-47(48)42-24-26-45(27-25-42)51-32-49(37(3)34-53-51)43-22-20-41(21-23-43)40-9-5-4-6-10-40/h7-8,11-13,16-34,40H,4-6,9-10,14-15H2,1-3H3. The highest BCUT2D eigenvalue weighted by Crippen LogP contribution is 2.37. The molecular formula is C51H48N2. The van der Waals surface area contributed by atoms with E-state index >= 15 is 0 Å². The van der Waals surface area contributed by atoms with Crippen LogP contribution < -0.4 is 0 Å². The van der Waals surface area contributed by atoms with Gasteiger partial charge in [0, 0.05) is 23.5 Å². The van der Waals surface area contributed by atoms with E-state index in [1.54, 1.807) is 0 Å². The predicted molar refractivity (Wildman–Crippen MR) is 223 cm³/mol. The normalized spacial score (nSPS) is 13.3. The fourth-order valence-corrected chi connectivity index (χ4v) is 8.10. The number of rotatable bonds is 9. The van der Waals surface area contributed by atoms with Crippen LogP contribution in [0.3, 0.4) is 0 Å². The first-order chi connectivity index (χ1) is 26.0. The molecule has 0 bridgehead atoms. The smallest absolute Gasteiger partial charge is 0.0708 e. The molecule has 1 aliphatic carbocycles. The van der Waals surface area contributed by atoms with Crippen LogP contribution in [0.15, 0.2) is 146 Å². The summed E-state index contributed by atoms with van der Waals surface area (Å²) in [6, 6.07) is 49.5. The van der Waals surface area contributed by atoms with Gasteiger partial charge in [0.05, 0.1) is 11.4 Å². The van der Waals surface area contributed by atoms with Crippen LogP contribution in [-0.2, 0) is 12.8 Å². The second-order valence-corrected chi connectivity index (χ2v) is 15.1. The average molecular weight is 689 g/mol. The van der Waals surface area contributed by atoms with Crippen molar-refractivity contribution in [2.45, 2.75) is 71.6 Å². The van der Waals surface area contributed by atoms with Gasteiger partial charge in [0.1, 0.15) is 0 Å². The molecule has 1 fully saturated rings. The molecule has 53 heavy (non-hydrogen) atoms. The third-order valence-electron chi connectivity index (χ3n) is 11.1. The lowest BCUT2D eigenvalue weighted by molar-refractivity contribution is 0.443. The van der Waals surface area contributed by atoms with Crippen molar-refractivity contribution in [2.24, 2.45) is 0 Å². The number of benzene rings is 5. The van der Waals surface area contributed by atoms with Gasteiger partial charge in [0.25, 0.3) is 0 Å². The van der Waals surface area contributed by atoms with Crippen molar-refractivity contribution in [3.8, 4) is 55.9 Å². The molecule has 0 saturated heterocycles. The maximum Gasteiger partial charge on any atom is 0.0708 e. The van der Waals surface area contributed by atoms with Crippen LogP contribution in [0.25, 0.3) is 55.9 Å². The quantitative estimate of drug-likeness (QED) is 0.151. The summed E-state index contributed by atoms with van der Waals surface area (Å²) in [5, 5.41) is 0. The van der Waals surface area contributed by atoms with Crippen molar-refractivity contribution in [1.82, 2.24) is 9.97 Å². The Labute approximate surface area is 315 Å². The minimum Gasteiger partial charge on any atom is -0.256 e. The molecule has 0 atom stereocenters. The highest BCUT2D eigenvalue weighted by molar-refractivity contribution is 5.85. The van der Waals surface area contributed by atoms with Gasteiger partial charge in [0.15, 0.2) is 0 Å². The molecule has 0 amide bonds. The maximum absolute atomic E-state index is 4.87. The molecule has 2 nitrogen and oxygen atoms in total. The van der Waals surface area contributed by atoms with Crippen molar-refractivity contribution >= 4 is 0 Å². The summed E-state index contributed by atoms with van der Waals surface area (Å²) in [5.41, 5.74) is 19.7. The van der Waals surface area contributed by atoms with E-state index in [1.165, 1.54) is 98.9 Å². The number of aromatic nitrogens is 2. The molecule has 0 N–H and O–H groups in total. The number of pyridine rings is 2. The first-order valence-electron chi connectivity index (χ1n) is 19.4. The molecule has 8 rings (SSSR count). The SMILES string of the molecule is Cc1ccc(-c2ccc(CCc3cc(C)cc(-c4ccccc4-c4ccc(-c5cc(-c6ccc(C7CCCCC7)cc6)c(C)cn5)cc4)c3)cc2)nc1. The molecule has 0 unspecified atom stereocenters. The van der Waals surface area contributed by atoms with E-state index < -0.39 is 0 Å². The number of hydrogen-bond acceptors (Lipinski definition) is 2. The molecular weight excluding hydrogens is 641 g/mol. The van der Waals surface area contributed by atoms with E-state index in [0.29, 0.717) is 0 Å². The number of nitrogens with zero attached hydrogens (tertiary/aromatic N) is 2. The van der Waals surface area contributed by atoms with Crippen LogP contribution in [0.5, 0.6) is 0 Å². The number of hydrogen-bond donors (Lipinski definition) is 0. The second kappa shape index (κ2) is 15.6. The van der Waals surface area contributed by atoms with Crippen LogP contribution in [0.1, 0.15) is 71.4 Å². The molecule has 1 aliphatic rings. The summed E-state index contributed by atoms with van der Waals surface area (Å²) in [4.78, 5) is 9.46. The summed E-state index contributed by atoms with van der Waals surface area (Å²) >= 11 is 0. The van der Waals surface area contributed by atoms with Gasteiger partial charge in [-0.1, -0.05) is 146 Å². The molecule has 0 radical (unpaired) electrons. The van der Waals surface area contributed by atoms with Crippen LogP contribution in [0.4, 0.5) is 0 Å². The molecule has 2 heteroatoms. The van der Waals surface area contributed by atoms with Crippen molar-refractivity contribution < 1.29 is 0 Å². The largest absolute Gasteiger partial charge is 0.256 e. The third-order valence-corrected chi connectivity index (χ3v) is 11.1. The Bertz CT molecular complexity index is 2310. The van der Waals surface area contributed by atoms with E-state index in [2.05, 4.69) is 159 Å². The Kier molecular flexibility index (Phi) is 10.1. The average Bonchev–Trinajstić information content (AvgIpc) is 3.21. The number of aryl methyl sites for hydroxylation is 5. The van der Waals surface area contributed by atoms with Gasteiger partial charge in [-0.25, -0.2) is 0 Å². The Morgan fingerprint density at radius 1 is 0.453 bits per heavy atom. The molecule has 1 saturated carbocycles. The monoisotopic (exact) mass is 688 g/mol. The van der Waals surface area contributed by atoms with Gasteiger partial charge in [-0.15, -0.1) is 0 Å². The molecule has 7 aromatic rings. The zero-order valence-electron chi connectivity index (χ0n) is 31.3. The van der Waals surface area contributed by atoms with E-state index in [4.69, 9.17) is 4.98 Å². The fraction of sp³-hybridized carbons (Fsp3) is 0.216. The molecule has 0 aliphatic heterocycles. The summed E-state index contributed by atoms with van der Waals surface area (Å²) in [5.74, 6) is 0.723. The van der Waals surface area contributed by atoms with Crippen molar-refractivity contribution in [2.75, 3.05) is 0 Å². The minimum absolute atomic E-state index is 0.723. The zero-order chi connectivity index (χ0) is 36.1. The van der Waals surface area contributed by atoms with E-state index in [-0.39, 0.29) is 0 Å². The van der Waals surface area contributed by atoms with Gasteiger partial charge < -0.3 is 0 Å². The maximum atomic E-state index is 4.87. The molecule has 262 valence electrons. The van der Waals surface area contributed by atoms with Gasteiger partial charge >= 0.3 is 0 Å². The van der Waals surface area contributed by atoms with Crippen molar-refractivity contribution in [3.63, 3.8) is 0 Å². The molecule has 2 aromatic heterocycles. The van der Waals surface area contributed by atoms with Crippen LogP contribution >= 0.6 is 0 Å². The molecule has 5 aromatic carbocycles. The summed E-state index contributed by atoms with van der Waals surface area (Å²) < 4.78 is 0. The highest BCUT2D eigenvalue weighted by atomic mass is 14.7. The van der Waals surface area contributed by atoms with E-state index in [1.807, 2.05) is 12.4 Å². The zero-order valence-corrected chi connectivity index (χ0v) is 31.3. The van der Waals surface area contributed by atoms with E-state index in [9.17, 15) is 0 Å². The highest BCUT2D eigenvalue weighted by Gasteiger charge is 2.16. The predicted octanol–water partition coefficient (Wildman–Crippen LogP) is 13.6. The Morgan fingerprint density at radius 3 is 1.77 bits per heavy atom. The first-order valence-corrected chi connectivity index (χ1v) is 19.4. The summed E-state index contributed by atoms with van der Waals surface area (Å²) in [6.07, 6.45) is 12.7. The van der Waals surface area contributed by atoms with Crippen molar-refractivity contribution in [1.29, 1.82) is 0 Å². The van der Waals surface area contributed by atoms with Gasteiger partial charge in [-0.3, -0.25) is 9.97 Å². The lowest BCUT2D eigenvalue weighted by atomic mass is 9.83.